The Morgan fingerprint density at radius 1 is 1.05 bits per heavy atom. The second-order valence-electron chi connectivity index (χ2n) is 13.5. The molecule has 2 N–H and O–H groups in total. The van der Waals surface area contributed by atoms with Gasteiger partial charge in [0.1, 0.15) is 0 Å². The van der Waals surface area contributed by atoms with E-state index in [0.29, 0.717) is 23.6 Å². The molecule has 4 heteroatoms. The van der Waals surface area contributed by atoms with Crippen LogP contribution in [0.25, 0.3) is 0 Å². The van der Waals surface area contributed by atoms with Crippen LogP contribution in [0.2, 0.25) is 0 Å². The molecule has 4 nitrogen and oxygen atoms in total. The van der Waals surface area contributed by atoms with Gasteiger partial charge in [-0.1, -0.05) is 52.7 Å². The van der Waals surface area contributed by atoms with Crippen molar-refractivity contribution in [2.75, 3.05) is 6.54 Å². The summed E-state index contributed by atoms with van der Waals surface area (Å²) in [5, 5.41) is 7.06. The van der Waals surface area contributed by atoms with Gasteiger partial charge in [-0.2, -0.15) is 0 Å². The van der Waals surface area contributed by atoms with Crippen molar-refractivity contribution in [3.63, 3.8) is 0 Å². The topological polar surface area (TPSA) is 50.4 Å². The maximum atomic E-state index is 11.6. The van der Waals surface area contributed by atoms with Gasteiger partial charge in [-0.25, -0.2) is 0 Å². The van der Waals surface area contributed by atoms with Gasteiger partial charge in [-0.05, 0) is 119 Å². The molecule has 0 aromatic carbocycles. The Morgan fingerprint density at radius 2 is 1.81 bits per heavy atom. The van der Waals surface area contributed by atoms with E-state index in [1.165, 1.54) is 70.6 Å². The molecule has 212 valence electrons. The highest BCUT2D eigenvalue weighted by molar-refractivity contribution is 5.73. The molecule has 1 spiro atoms. The lowest BCUT2D eigenvalue weighted by Gasteiger charge is -2.54. The number of carbonyl (C=O) groups excluding carboxylic acids is 1. The molecule has 6 rings (SSSR count). The molecule has 5 fully saturated rings. The maximum Gasteiger partial charge on any atom is 0.217 e. The summed E-state index contributed by atoms with van der Waals surface area (Å²) in [4.78, 5) is 11.6. The fourth-order valence-corrected chi connectivity index (χ4v) is 9.86. The van der Waals surface area contributed by atoms with Crippen molar-refractivity contribution in [1.29, 1.82) is 0 Å². The molecule has 0 bridgehead atoms. The zero-order valence-corrected chi connectivity index (χ0v) is 25.4. The lowest BCUT2D eigenvalue weighted by molar-refractivity contribution is -0.121. The van der Waals surface area contributed by atoms with Gasteiger partial charge in [-0.3, -0.25) is 4.79 Å². The molecule has 0 radical (unpaired) electrons. The smallest absolute Gasteiger partial charge is 0.217 e. The van der Waals surface area contributed by atoms with Crippen molar-refractivity contribution in [2.45, 2.75) is 150 Å². The molecule has 0 aromatic heterocycles. The minimum atomic E-state index is 0.0981. The molecule has 1 amide bonds. The fraction of sp³-hybridized carbons (Fsp3) is 0.909. The Morgan fingerprint density at radius 3 is 2.54 bits per heavy atom. The van der Waals surface area contributed by atoms with Crippen LogP contribution in [0.1, 0.15) is 126 Å². The molecule has 2 heterocycles. The Labute approximate surface area is 228 Å². The summed E-state index contributed by atoms with van der Waals surface area (Å²) in [5.41, 5.74) is 4.09. The largest absolute Gasteiger partial charge is 0.370 e. The van der Waals surface area contributed by atoms with E-state index >= 15 is 0 Å². The van der Waals surface area contributed by atoms with E-state index in [2.05, 4.69) is 31.4 Å². The fourth-order valence-electron chi connectivity index (χ4n) is 9.86. The molecule has 0 aromatic rings. The predicted molar refractivity (Wildman–Crippen MR) is 154 cm³/mol. The van der Waals surface area contributed by atoms with Crippen LogP contribution in [0.4, 0.5) is 0 Å². The predicted octanol–water partition coefficient (Wildman–Crippen LogP) is 7.42. The van der Waals surface area contributed by atoms with Crippen molar-refractivity contribution < 1.29 is 9.53 Å². The van der Waals surface area contributed by atoms with Crippen molar-refractivity contribution in [3.8, 4) is 0 Å². The van der Waals surface area contributed by atoms with Crippen molar-refractivity contribution in [1.82, 2.24) is 10.6 Å². The highest BCUT2D eigenvalue weighted by Gasteiger charge is 2.57. The van der Waals surface area contributed by atoms with Gasteiger partial charge in [-0.15, -0.1) is 0 Å². The van der Waals surface area contributed by atoms with Gasteiger partial charge in [0.05, 0.1) is 11.7 Å². The summed E-state index contributed by atoms with van der Waals surface area (Å²) in [7, 11) is 0. The number of ether oxygens (including phenoxy) is 1. The van der Waals surface area contributed by atoms with E-state index in [0.717, 1.165) is 36.1 Å². The summed E-state index contributed by atoms with van der Waals surface area (Å²) >= 11 is 0. The zero-order chi connectivity index (χ0) is 27.0. The molecule has 4 aliphatic carbocycles. The SMILES string of the molecule is CC.CC.CC(=O)NC1CCC2(C)C(CCC3C4CCC5(CC(C)=C4CC32)CC2NCC(C)CC2O5)C1. The van der Waals surface area contributed by atoms with Crippen LogP contribution < -0.4 is 10.6 Å². The second-order valence-corrected chi connectivity index (χ2v) is 13.5. The number of carbonyl (C=O) groups is 1. The Kier molecular flexibility index (Phi) is 9.21. The number of hydrogen-bond acceptors (Lipinski definition) is 3. The average molecular weight is 515 g/mol. The lowest BCUT2D eigenvalue weighted by Crippen LogP contribution is -2.50. The molecular formula is C33H58N2O2. The molecule has 2 saturated heterocycles. The van der Waals surface area contributed by atoms with Crippen LogP contribution >= 0.6 is 0 Å². The second kappa shape index (κ2) is 11.7. The van der Waals surface area contributed by atoms with Crippen molar-refractivity contribution >= 4 is 5.91 Å². The Hall–Kier alpha value is -0.870. The number of rotatable bonds is 1. The number of hydrogen-bond donors (Lipinski definition) is 2. The van der Waals surface area contributed by atoms with Gasteiger partial charge in [0, 0.05) is 19.0 Å². The van der Waals surface area contributed by atoms with Gasteiger partial charge in [0.25, 0.3) is 0 Å². The molecule has 10 atom stereocenters. The first kappa shape index (κ1) is 29.1. The third kappa shape index (κ3) is 5.45. The van der Waals surface area contributed by atoms with E-state index in [-0.39, 0.29) is 11.5 Å². The van der Waals surface area contributed by atoms with Gasteiger partial charge < -0.3 is 15.4 Å². The molecule has 6 aliphatic rings. The first-order valence-electron chi connectivity index (χ1n) is 16.1. The van der Waals surface area contributed by atoms with E-state index in [4.69, 9.17) is 4.74 Å². The molecular weight excluding hydrogens is 456 g/mol. The number of piperidine rings is 1. The van der Waals surface area contributed by atoms with Crippen LogP contribution in [-0.2, 0) is 9.53 Å². The zero-order valence-electron chi connectivity index (χ0n) is 25.4. The van der Waals surface area contributed by atoms with Crippen LogP contribution in [0, 0.1) is 35.0 Å². The summed E-state index contributed by atoms with van der Waals surface area (Å²) < 4.78 is 6.93. The van der Waals surface area contributed by atoms with Gasteiger partial charge >= 0.3 is 0 Å². The first-order valence-corrected chi connectivity index (χ1v) is 16.1. The van der Waals surface area contributed by atoms with Crippen LogP contribution in [0.3, 0.4) is 0 Å². The third-order valence-corrected chi connectivity index (χ3v) is 11.4. The minimum absolute atomic E-state index is 0.0981. The minimum Gasteiger partial charge on any atom is -0.370 e. The van der Waals surface area contributed by atoms with E-state index in [9.17, 15) is 4.79 Å². The standard InChI is InChI=1S/C29H46N2O2.2C2H6/c1-17-11-27-26(30-16-17)15-29(33-27)10-8-22-23-6-5-20-12-21(31-19(3)32)7-9-28(20,4)25(23)13-24(22)18(2)14-29;2*1-2/h17,20-23,25-27,30H,5-16H2,1-4H3,(H,31,32);2*1-2H3. The number of fused-ring (bicyclic) bond motifs is 6. The summed E-state index contributed by atoms with van der Waals surface area (Å²) in [6, 6.07) is 0.988. The Bertz CT molecular complexity index is 838. The summed E-state index contributed by atoms with van der Waals surface area (Å²) in [6.45, 7) is 18.3. The third-order valence-electron chi connectivity index (χ3n) is 11.4. The van der Waals surface area contributed by atoms with Crippen LogP contribution in [0.15, 0.2) is 11.1 Å². The highest BCUT2D eigenvalue weighted by Crippen LogP contribution is 2.65. The van der Waals surface area contributed by atoms with E-state index in [1.807, 2.05) is 33.3 Å². The molecule has 2 aliphatic heterocycles. The Balaban J connectivity index is 0.000000765. The monoisotopic (exact) mass is 514 g/mol. The highest BCUT2D eigenvalue weighted by atomic mass is 16.5. The van der Waals surface area contributed by atoms with Crippen LogP contribution in [-0.4, -0.2) is 36.2 Å². The number of amides is 1. The van der Waals surface area contributed by atoms with E-state index in [1.54, 1.807) is 12.5 Å². The molecule has 10 unspecified atom stereocenters. The number of nitrogens with one attached hydrogen (secondary N) is 2. The van der Waals surface area contributed by atoms with Crippen molar-refractivity contribution in [3.05, 3.63) is 11.1 Å². The van der Waals surface area contributed by atoms with Gasteiger partial charge in [0.15, 0.2) is 0 Å². The van der Waals surface area contributed by atoms with Crippen molar-refractivity contribution in [2.24, 2.45) is 35.0 Å². The van der Waals surface area contributed by atoms with E-state index < -0.39 is 0 Å². The first-order chi connectivity index (χ1) is 17.8. The lowest BCUT2D eigenvalue weighted by atomic mass is 9.52. The summed E-state index contributed by atoms with van der Waals surface area (Å²) in [5.74, 6) is 4.21. The number of allylic oxidation sites excluding steroid dienone is 1. The van der Waals surface area contributed by atoms with Crippen LogP contribution in [0.5, 0.6) is 0 Å². The quantitative estimate of drug-likeness (QED) is 0.358. The molecule has 3 saturated carbocycles. The summed E-state index contributed by atoms with van der Waals surface area (Å²) in [6.07, 6.45) is 14.5. The average Bonchev–Trinajstić information content (AvgIpc) is 3.40. The van der Waals surface area contributed by atoms with Gasteiger partial charge in [0.2, 0.25) is 5.91 Å². The maximum absolute atomic E-state index is 11.6. The molecule has 37 heavy (non-hydrogen) atoms. The normalized spacial score (nSPS) is 46.2.